The molecule has 3 aromatic rings. The molecule has 0 unspecified atom stereocenters. The molecule has 0 saturated heterocycles. The zero-order valence-electron chi connectivity index (χ0n) is 21.0. The molecule has 0 bridgehead atoms. The minimum atomic E-state index is -2.07. The third-order valence-corrected chi connectivity index (χ3v) is 5.46. The highest BCUT2D eigenvalue weighted by Crippen LogP contribution is 2.28. The lowest BCUT2D eigenvalue weighted by Gasteiger charge is -2.28. The lowest BCUT2D eigenvalue weighted by Crippen LogP contribution is -2.60. The van der Waals surface area contributed by atoms with Crippen LogP contribution in [0.3, 0.4) is 0 Å². The van der Waals surface area contributed by atoms with Crippen molar-refractivity contribution in [3.63, 3.8) is 0 Å². The van der Waals surface area contributed by atoms with Crippen LogP contribution >= 0.6 is 0 Å². The van der Waals surface area contributed by atoms with Crippen LogP contribution in [0.4, 0.5) is 0 Å². The summed E-state index contributed by atoms with van der Waals surface area (Å²) in [4.78, 5) is 37.4. The average molecular weight is 506 g/mol. The summed E-state index contributed by atoms with van der Waals surface area (Å²) < 4.78 is 22.3. The number of carbonyl (C=O) groups excluding carboxylic acids is 3. The first-order valence-electron chi connectivity index (χ1n) is 12.0. The van der Waals surface area contributed by atoms with Gasteiger partial charge in [0.05, 0.1) is 13.2 Å². The van der Waals surface area contributed by atoms with Gasteiger partial charge in [0.25, 0.3) is 0 Å². The van der Waals surface area contributed by atoms with Crippen LogP contribution in [-0.2, 0) is 43.5 Å². The van der Waals surface area contributed by atoms with Crippen molar-refractivity contribution >= 4 is 18.3 Å². The molecular formula is C29H31NO7. The summed E-state index contributed by atoms with van der Waals surface area (Å²) in [5, 5.41) is 2.36. The van der Waals surface area contributed by atoms with E-state index in [4.69, 9.17) is 18.9 Å². The maximum atomic E-state index is 13.0. The second kappa shape index (κ2) is 13.7. The molecule has 1 N–H and O–H groups in total. The Morgan fingerprint density at radius 2 is 1.19 bits per heavy atom. The van der Waals surface area contributed by atoms with Crippen molar-refractivity contribution in [2.24, 2.45) is 0 Å². The van der Waals surface area contributed by atoms with Crippen LogP contribution in [-0.4, -0.2) is 37.1 Å². The van der Waals surface area contributed by atoms with Crippen LogP contribution in [0.1, 0.15) is 30.5 Å². The summed E-state index contributed by atoms with van der Waals surface area (Å²) in [5.74, 6) is -0.889. The van der Waals surface area contributed by atoms with Gasteiger partial charge in [0, 0.05) is 12.5 Å². The van der Waals surface area contributed by atoms with Crippen molar-refractivity contribution in [2.45, 2.75) is 39.0 Å². The first-order chi connectivity index (χ1) is 18.0. The lowest BCUT2D eigenvalue weighted by molar-refractivity contribution is -0.167. The summed E-state index contributed by atoms with van der Waals surface area (Å²) in [6.45, 7) is 3.87. The largest absolute Gasteiger partial charge is 0.489 e. The molecule has 0 spiro atoms. The van der Waals surface area contributed by atoms with Crippen molar-refractivity contribution in [1.82, 2.24) is 5.32 Å². The molecule has 0 fully saturated rings. The second-order valence-corrected chi connectivity index (χ2v) is 8.15. The van der Waals surface area contributed by atoms with Gasteiger partial charge in [0.1, 0.15) is 24.7 Å². The zero-order chi connectivity index (χ0) is 26.5. The Hall–Kier alpha value is -4.33. The molecule has 3 aromatic carbocycles. The number of benzene rings is 3. The Bertz CT molecular complexity index is 1090. The topological polar surface area (TPSA) is 100 Å². The van der Waals surface area contributed by atoms with Gasteiger partial charge in [-0.2, -0.15) is 0 Å². The number of hydrogen-bond donors (Lipinski definition) is 1. The first-order valence-corrected chi connectivity index (χ1v) is 12.0. The monoisotopic (exact) mass is 505 g/mol. The molecule has 0 aliphatic rings. The van der Waals surface area contributed by atoms with Crippen molar-refractivity contribution < 1.29 is 33.3 Å². The maximum Gasteiger partial charge on any atom is 0.344 e. The minimum absolute atomic E-state index is 0.0200. The van der Waals surface area contributed by atoms with E-state index in [1.807, 2.05) is 60.7 Å². The molecule has 0 atom stereocenters. The van der Waals surface area contributed by atoms with Gasteiger partial charge in [-0.05, 0) is 42.7 Å². The van der Waals surface area contributed by atoms with Crippen LogP contribution < -0.4 is 14.8 Å². The molecule has 3 rings (SSSR count). The third kappa shape index (κ3) is 7.57. The van der Waals surface area contributed by atoms with Crippen LogP contribution in [0.25, 0.3) is 0 Å². The van der Waals surface area contributed by atoms with Gasteiger partial charge in [0.2, 0.25) is 11.9 Å². The summed E-state index contributed by atoms with van der Waals surface area (Å²) in [6.07, 6.45) is 0.0596. The predicted octanol–water partition coefficient (Wildman–Crippen LogP) is 4.00. The van der Waals surface area contributed by atoms with E-state index in [0.29, 0.717) is 30.3 Å². The molecule has 194 valence electrons. The molecule has 0 heterocycles. The van der Waals surface area contributed by atoms with E-state index in [0.717, 1.165) is 11.1 Å². The standard InChI is InChI=1S/C29H31NO7/c1-3-34-27(32)29(30-21-31,28(33)35-4-2)18-24-15-25(36-19-22-11-7-5-8-12-22)17-26(16-24)37-20-23-13-9-6-10-14-23/h5-17,21H,3-4,18-20H2,1-2H3,(H,30,31). The molecule has 0 aliphatic heterocycles. The molecule has 8 heteroatoms. The summed E-state index contributed by atoms with van der Waals surface area (Å²) in [6, 6.07) is 24.4. The predicted molar refractivity (Wildman–Crippen MR) is 137 cm³/mol. The Kier molecular flexibility index (Phi) is 10.1. The minimum Gasteiger partial charge on any atom is -0.489 e. The Morgan fingerprint density at radius 3 is 1.59 bits per heavy atom. The smallest absolute Gasteiger partial charge is 0.344 e. The van der Waals surface area contributed by atoms with Gasteiger partial charge in [-0.1, -0.05) is 60.7 Å². The van der Waals surface area contributed by atoms with Gasteiger partial charge in [-0.25, -0.2) is 9.59 Å². The fraction of sp³-hybridized carbons (Fsp3) is 0.276. The summed E-state index contributed by atoms with van der Waals surface area (Å²) >= 11 is 0. The van der Waals surface area contributed by atoms with Crippen LogP contribution in [0.5, 0.6) is 11.5 Å². The van der Waals surface area contributed by atoms with Gasteiger partial charge >= 0.3 is 11.9 Å². The zero-order valence-corrected chi connectivity index (χ0v) is 21.0. The Balaban J connectivity index is 1.95. The van der Waals surface area contributed by atoms with Gasteiger partial charge < -0.3 is 24.3 Å². The molecule has 0 aliphatic carbocycles. The van der Waals surface area contributed by atoms with Crippen molar-refractivity contribution in [3.8, 4) is 11.5 Å². The third-order valence-electron chi connectivity index (χ3n) is 5.46. The number of ether oxygens (including phenoxy) is 4. The van der Waals surface area contributed by atoms with E-state index in [-0.39, 0.29) is 26.0 Å². The SMILES string of the molecule is CCOC(=O)C(Cc1cc(OCc2ccccc2)cc(OCc2ccccc2)c1)(NC=O)C(=O)OCC. The fourth-order valence-corrected chi connectivity index (χ4v) is 3.69. The van der Waals surface area contributed by atoms with E-state index in [9.17, 15) is 14.4 Å². The number of rotatable bonds is 14. The first kappa shape index (κ1) is 27.3. The quantitative estimate of drug-likeness (QED) is 0.201. The highest BCUT2D eigenvalue weighted by atomic mass is 16.6. The fourth-order valence-electron chi connectivity index (χ4n) is 3.69. The van der Waals surface area contributed by atoms with Crippen LogP contribution in [0.15, 0.2) is 78.9 Å². The van der Waals surface area contributed by atoms with Crippen LogP contribution in [0, 0.1) is 0 Å². The van der Waals surface area contributed by atoms with Gasteiger partial charge in [-0.15, -0.1) is 0 Å². The molecule has 37 heavy (non-hydrogen) atoms. The molecule has 0 saturated carbocycles. The Labute approximate surface area is 216 Å². The van der Waals surface area contributed by atoms with Crippen LogP contribution in [0.2, 0.25) is 0 Å². The lowest BCUT2D eigenvalue weighted by atomic mass is 9.90. The Morgan fingerprint density at radius 1 is 0.730 bits per heavy atom. The second-order valence-electron chi connectivity index (χ2n) is 8.15. The van der Waals surface area contributed by atoms with Gasteiger partial charge in [-0.3, -0.25) is 4.79 Å². The van der Waals surface area contributed by atoms with E-state index >= 15 is 0 Å². The highest BCUT2D eigenvalue weighted by Gasteiger charge is 2.49. The molecule has 1 amide bonds. The van der Waals surface area contributed by atoms with E-state index in [1.165, 1.54) is 0 Å². The van der Waals surface area contributed by atoms with Gasteiger partial charge in [0.15, 0.2) is 0 Å². The number of amides is 1. The molecular weight excluding hydrogens is 474 g/mol. The number of esters is 2. The molecule has 0 aromatic heterocycles. The van der Waals surface area contributed by atoms with E-state index in [1.54, 1.807) is 32.0 Å². The summed E-state index contributed by atoms with van der Waals surface area (Å²) in [7, 11) is 0. The highest BCUT2D eigenvalue weighted by molar-refractivity contribution is 6.06. The van der Waals surface area contributed by atoms with Crippen molar-refractivity contribution in [3.05, 3.63) is 95.6 Å². The number of nitrogens with one attached hydrogen (secondary N) is 1. The number of hydrogen-bond acceptors (Lipinski definition) is 7. The van der Waals surface area contributed by atoms with Crippen molar-refractivity contribution in [1.29, 1.82) is 0 Å². The number of carbonyl (C=O) groups is 3. The normalized spacial score (nSPS) is 10.8. The summed E-state index contributed by atoms with van der Waals surface area (Å²) in [5.41, 5.74) is 0.371. The van der Waals surface area contributed by atoms with Crippen molar-refractivity contribution in [2.75, 3.05) is 13.2 Å². The van der Waals surface area contributed by atoms with E-state index in [2.05, 4.69) is 5.32 Å². The molecule has 8 nitrogen and oxygen atoms in total. The average Bonchev–Trinajstić information content (AvgIpc) is 2.92. The molecule has 0 radical (unpaired) electrons. The maximum absolute atomic E-state index is 13.0. The van der Waals surface area contributed by atoms with E-state index < -0.39 is 17.5 Å².